The number of imide groups is 1. The van der Waals surface area contributed by atoms with Gasteiger partial charge in [-0.15, -0.1) is 22.7 Å². The first-order valence-corrected chi connectivity index (χ1v) is 10.4. The van der Waals surface area contributed by atoms with Gasteiger partial charge in [0.05, 0.1) is 26.5 Å². The summed E-state index contributed by atoms with van der Waals surface area (Å²) in [5.74, 6) is -1.86. The SMILES string of the molecule is O=C(COC(=O)c1cc(-c2cccs2)nc2ccccc12)NC(=O)c1cccs1. The van der Waals surface area contributed by atoms with E-state index in [9.17, 15) is 14.4 Å². The second-order valence-electron chi connectivity index (χ2n) is 5.98. The average Bonchev–Trinajstić information content (AvgIpc) is 3.45. The van der Waals surface area contributed by atoms with Gasteiger partial charge in [-0.2, -0.15) is 0 Å². The summed E-state index contributed by atoms with van der Waals surface area (Å²) in [6.45, 7) is -0.555. The van der Waals surface area contributed by atoms with Gasteiger partial charge in [0, 0.05) is 5.39 Å². The minimum Gasteiger partial charge on any atom is -0.452 e. The van der Waals surface area contributed by atoms with Gasteiger partial charge in [-0.05, 0) is 35.0 Å². The van der Waals surface area contributed by atoms with Crippen molar-refractivity contribution in [3.63, 3.8) is 0 Å². The van der Waals surface area contributed by atoms with Gasteiger partial charge in [-0.1, -0.05) is 30.3 Å². The zero-order valence-electron chi connectivity index (χ0n) is 15.0. The van der Waals surface area contributed by atoms with Crippen LogP contribution < -0.4 is 5.32 Å². The number of carbonyl (C=O) groups excluding carboxylic acids is 3. The molecule has 1 aromatic carbocycles. The molecule has 0 spiro atoms. The second-order valence-corrected chi connectivity index (χ2v) is 7.88. The zero-order chi connectivity index (χ0) is 20.2. The van der Waals surface area contributed by atoms with E-state index in [0.717, 1.165) is 4.88 Å². The molecule has 1 N–H and O–H groups in total. The maximum Gasteiger partial charge on any atom is 0.339 e. The van der Waals surface area contributed by atoms with Gasteiger partial charge in [-0.3, -0.25) is 14.9 Å². The second kappa shape index (κ2) is 8.34. The highest BCUT2D eigenvalue weighted by Crippen LogP contribution is 2.28. The molecule has 3 aromatic heterocycles. The van der Waals surface area contributed by atoms with Crippen LogP contribution in [0.3, 0.4) is 0 Å². The summed E-state index contributed by atoms with van der Waals surface area (Å²) in [6, 6.07) is 16.0. The number of hydrogen-bond acceptors (Lipinski definition) is 7. The Labute approximate surface area is 173 Å². The summed E-state index contributed by atoms with van der Waals surface area (Å²) in [5, 5.41) is 6.50. The van der Waals surface area contributed by atoms with Crippen LogP contribution in [0.2, 0.25) is 0 Å². The molecule has 4 aromatic rings. The van der Waals surface area contributed by atoms with Crippen LogP contribution in [-0.2, 0) is 9.53 Å². The topological polar surface area (TPSA) is 85.4 Å². The van der Waals surface area contributed by atoms with E-state index in [1.54, 1.807) is 35.7 Å². The van der Waals surface area contributed by atoms with E-state index >= 15 is 0 Å². The molecular formula is C21H14N2O4S2. The van der Waals surface area contributed by atoms with E-state index in [1.807, 2.05) is 29.6 Å². The third-order valence-corrected chi connectivity index (χ3v) is 5.80. The highest BCUT2D eigenvalue weighted by atomic mass is 32.1. The normalized spacial score (nSPS) is 10.6. The minimum atomic E-state index is -0.686. The van der Waals surface area contributed by atoms with Crippen LogP contribution in [0.1, 0.15) is 20.0 Å². The zero-order valence-corrected chi connectivity index (χ0v) is 16.6. The number of nitrogens with zero attached hydrogens (tertiary/aromatic N) is 1. The molecule has 4 rings (SSSR count). The minimum absolute atomic E-state index is 0.316. The number of nitrogens with one attached hydrogen (secondary N) is 1. The molecule has 0 saturated carbocycles. The number of benzene rings is 1. The van der Waals surface area contributed by atoms with Gasteiger partial charge in [0.25, 0.3) is 11.8 Å². The van der Waals surface area contributed by atoms with Gasteiger partial charge < -0.3 is 4.74 Å². The highest BCUT2D eigenvalue weighted by Gasteiger charge is 2.18. The van der Waals surface area contributed by atoms with Crippen LogP contribution in [0.4, 0.5) is 0 Å². The van der Waals surface area contributed by atoms with Gasteiger partial charge in [0.1, 0.15) is 0 Å². The van der Waals surface area contributed by atoms with Crippen LogP contribution in [0, 0.1) is 0 Å². The van der Waals surface area contributed by atoms with E-state index in [0.29, 0.717) is 27.0 Å². The summed E-state index contributed by atoms with van der Waals surface area (Å²) >= 11 is 2.73. The number of pyridine rings is 1. The maximum atomic E-state index is 12.7. The Morgan fingerprint density at radius 2 is 1.76 bits per heavy atom. The molecule has 0 aliphatic carbocycles. The molecule has 29 heavy (non-hydrogen) atoms. The third-order valence-electron chi connectivity index (χ3n) is 4.04. The summed E-state index contributed by atoms with van der Waals surface area (Å²) in [4.78, 5) is 42.5. The van der Waals surface area contributed by atoms with Gasteiger partial charge in [0.2, 0.25) is 0 Å². The van der Waals surface area contributed by atoms with Crippen molar-refractivity contribution in [2.75, 3.05) is 6.61 Å². The Morgan fingerprint density at radius 1 is 0.966 bits per heavy atom. The first-order valence-electron chi connectivity index (χ1n) is 8.60. The van der Waals surface area contributed by atoms with E-state index in [-0.39, 0.29) is 0 Å². The van der Waals surface area contributed by atoms with Crippen LogP contribution >= 0.6 is 22.7 Å². The summed E-state index contributed by atoms with van der Waals surface area (Å²) < 4.78 is 5.16. The van der Waals surface area contributed by atoms with Crippen molar-refractivity contribution in [1.29, 1.82) is 0 Å². The molecule has 0 unspecified atom stereocenters. The maximum absolute atomic E-state index is 12.7. The number of ether oxygens (including phenoxy) is 1. The molecular weight excluding hydrogens is 408 g/mol. The average molecular weight is 422 g/mol. The molecule has 6 nitrogen and oxygen atoms in total. The number of hydrogen-bond donors (Lipinski definition) is 1. The molecule has 0 saturated heterocycles. The predicted octanol–water partition coefficient (Wildman–Crippen LogP) is 4.14. The van der Waals surface area contributed by atoms with E-state index < -0.39 is 24.4 Å². The lowest BCUT2D eigenvalue weighted by molar-refractivity contribution is -0.123. The number of rotatable bonds is 5. The summed E-state index contributed by atoms with van der Waals surface area (Å²) in [7, 11) is 0. The van der Waals surface area contributed by atoms with Crippen LogP contribution in [0.15, 0.2) is 65.4 Å². The third kappa shape index (κ3) is 4.23. The smallest absolute Gasteiger partial charge is 0.339 e. The highest BCUT2D eigenvalue weighted by molar-refractivity contribution is 7.13. The first kappa shape index (κ1) is 19.0. The van der Waals surface area contributed by atoms with Crippen molar-refractivity contribution >= 4 is 51.4 Å². The molecule has 0 aliphatic heterocycles. The molecule has 0 aliphatic rings. The van der Waals surface area contributed by atoms with Gasteiger partial charge in [-0.25, -0.2) is 9.78 Å². The number of aromatic nitrogens is 1. The molecule has 0 atom stereocenters. The number of para-hydroxylation sites is 1. The van der Waals surface area contributed by atoms with Crippen LogP contribution in [0.25, 0.3) is 21.5 Å². The molecule has 144 valence electrons. The first-order chi connectivity index (χ1) is 14.1. The van der Waals surface area contributed by atoms with Gasteiger partial charge >= 0.3 is 5.97 Å². The number of thiophene rings is 2. The molecule has 0 fully saturated rings. The van der Waals surface area contributed by atoms with Crippen molar-refractivity contribution in [3.8, 4) is 10.6 Å². The van der Waals surface area contributed by atoms with Crippen molar-refractivity contribution in [3.05, 3.63) is 75.8 Å². The molecule has 2 amide bonds. The summed E-state index contributed by atoms with van der Waals surface area (Å²) in [6.07, 6.45) is 0. The van der Waals surface area contributed by atoms with E-state index in [4.69, 9.17) is 4.74 Å². The van der Waals surface area contributed by atoms with Crippen molar-refractivity contribution in [2.45, 2.75) is 0 Å². The van der Waals surface area contributed by atoms with Crippen molar-refractivity contribution < 1.29 is 19.1 Å². The Morgan fingerprint density at radius 3 is 2.52 bits per heavy atom. The lowest BCUT2D eigenvalue weighted by Gasteiger charge is -2.09. The fourth-order valence-corrected chi connectivity index (χ4v) is 4.04. The largest absolute Gasteiger partial charge is 0.452 e. The number of amides is 2. The quantitative estimate of drug-likeness (QED) is 0.489. The fraction of sp³-hybridized carbons (Fsp3) is 0.0476. The standard InChI is InChI=1S/C21H14N2O4S2/c24-19(23-20(25)18-8-4-10-29-18)12-27-21(26)14-11-16(17-7-3-9-28-17)22-15-6-2-1-5-13(14)15/h1-11H,12H2,(H,23,24,25). The van der Waals surface area contributed by atoms with Gasteiger partial charge in [0.15, 0.2) is 6.61 Å². The van der Waals surface area contributed by atoms with Crippen LogP contribution in [0.5, 0.6) is 0 Å². The lowest BCUT2D eigenvalue weighted by atomic mass is 10.1. The monoisotopic (exact) mass is 422 g/mol. The Kier molecular flexibility index (Phi) is 5.46. The molecule has 0 radical (unpaired) electrons. The Hall–Kier alpha value is -3.36. The number of fused-ring (bicyclic) bond motifs is 1. The van der Waals surface area contributed by atoms with Crippen LogP contribution in [-0.4, -0.2) is 29.4 Å². The lowest BCUT2D eigenvalue weighted by Crippen LogP contribution is -2.33. The molecule has 0 bridgehead atoms. The Bertz CT molecular complexity index is 1180. The number of esters is 1. The van der Waals surface area contributed by atoms with E-state index in [1.165, 1.54) is 22.7 Å². The van der Waals surface area contributed by atoms with Crippen molar-refractivity contribution in [1.82, 2.24) is 10.3 Å². The molecule has 8 heteroatoms. The Balaban J connectivity index is 1.52. The summed E-state index contributed by atoms with van der Waals surface area (Å²) in [5.41, 5.74) is 1.63. The molecule has 3 heterocycles. The number of carbonyl (C=O) groups is 3. The van der Waals surface area contributed by atoms with Crippen molar-refractivity contribution in [2.24, 2.45) is 0 Å². The fourth-order valence-electron chi connectivity index (χ4n) is 2.74. The van der Waals surface area contributed by atoms with E-state index in [2.05, 4.69) is 10.3 Å². The predicted molar refractivity (Wildman–Crippen MR) is 112 cm³/mol.